The van der Waals surface area contributed by atoms with Gasteiger partial charge in [-0.3, -0.25) is 0 Å². The molecule has 3 heteroatoms. The standard InChI is InChI=1S/C14H20ClNO/c1-10(12-4-3-5-13(15)8-12)16-14(9-17-2)11-6-7-11/h3-5,8,10-11,14,16H,6-7,9H2,1-2H3. The van der Waals surface area contributed by atoms with Gasteiger partial charge in [-0.2, -0.15) is 0 Å². The number of halogens is 1. The van der Waals surface area contributed by atoms with Crippen LogP contribution in [0, 0.1) is 5.92 Å². The molecule has 1 aromatic rings. The van der Waals surface area contributed by atoms with Crippen molar-refractivity contribution in [2.75, 3.05) is 13.7 Å². The van der Waals surface area contributed by atoms with Crippen LogP contribution in [0.1, 0.15) is 31.4 Å². The first-order valence-electron chi connectivity index (χ1n) is 6.21. The molecule has 0 heterocycles. The van der Waals surface area contributed by atoms with Gasteiger partial charge in [-0.1, -0.05) is 23.7 Å². The second-order valence-corrected chi connectivity index (χ2v) is 5.28. The third-order valence-electron chi connectivity index (χ3n) is 3.35. The SMILES string of the molecule is COCC(NC(C)c1cccc(Cl)c1)C1CC1. The van der Waals surface area contributed by atoms with Crippen LogP contribution in [-0.4, -0.2) is 19.8 Å². The minimum absolute atomic E-state index is 0.314. The van der Waals surface area contributed by atoms with Crippen molar-refractivity contribution < 1.29 is 4.74 Å². The molecule has 1 N–H and O–H groups in total. The van der Waals surface area contributed by atoms with E-state index in [4.69, 9.17) is 16.3 Å². The fourth-order valence-electron chi connectivity index (χ4n) is 2.19. The van der Waals surface area contributed by atoms with E-state index in [0.29, 0.717) is 12.1 Å². The molecule has 2 rings (SSSR count). The Labute approximate surface area is 108 Å². The first-order chi connectivity index (χ1) is 8.20. The van der Waals surface area contributed by atoms with Gasteiger partial charge in [0.05, 0.1) is 6.61 Å². The highest BCUT2D eigenvalue weighted by atomic mass is 35.5. The van der Waals surface area contributed by atoms with Crippen LogP contribution in [0.2, 0.25) is 5.02 Å². The molecule has 0 spiro atoms. The zero-order chi connectivity index (χ0) is 12.3. The maximum atomic E-state index is 6.01. The lowest BCUT2D eigenvalue weighted by Crippen LogP contribution is -2.36. The highest BCUT2D eigenvalue weighted by Gasteiger charge is 2.31. The lowest BCUT2D eigenvalue weighted by Gasteiger charge is -2.23. The molecule has 0 bridgehead atoms. The van der Waals surface area contributed by atoms with Crippen LogP contribution in [0.15, 0.2) is 24.3 Å². The van der Waals surface area contributed by atoms with Gasteiger partial charge < -0.3 is 10.1 Å². The molecule has 0 radical (unpaired) electrons. The van der Waals surface area contributed by atoms with Crippen molar-refractivity contribution in [1.82, 2.24) is 5.32 Å². The van der Waals surface area contributed by atoms with Gasteiger partial charge in [0.2, 0.25) is 0 Å². The maximum Gasteiger partial charge on any atom is 0.0618 e. The molecule has 1 saturated carbocycles. The second-order valence-electron chi connectivity index (χ2n) is 4.84. The van der Waals surface area contributed by atoms with Crippen molar-refractivity contribution in [3.8, 4) is 0 Å². The number of methoxy groups -OCH3 is 1. The Morgan fingerprint density at radius 2 is 2.24 bits per heavy atom. The molecule has 1 aliphatic carbocycles. The summed E-state index contributed by atoms with van der Waals surface area (Å²) in [6.45, 7) is 2.96. The van der Waals surface area contributed by atoms with Crippen LogP contribution in [0.4, 0.5) is 0 Å². The fraction of sp³-hybridized carbons (Fsp3) is 0.571. The Kier molecular flexibility index (Phi) is 4.43. The normalized spacial score (nSPS) is 19.0. The summed E-state index contributed by atoms with van der Waals surface area (Å²) >= 11 is 6.01. The van der Waals surface area contributed by atoms with Crippen molar-refractivity contribution in [1.29, 1.82) is 0 Å². The maximum absolute atomic E-state index is 6.01. The van der Waals surface area contributed by atoms with Gasteiger partial charge in [0.15, 0.2) is 0 Å². The summed E-state index contributed by atoms with van der Waals surface area (Å²) < 4.78 is 5.28. The number of rotatable bonds is 6. The van der Waals surface area contributed by atoms with Gasteiger partial charge in [-0.15, -0.1) is 0 Å². The molecule has 0 aromatic heterocycles. The molecule has 2 unspecified atom stereocenters. The second kappa shape index (κ2) is 5.85. The minimum Gasteiger partial charge on any atom is -0.383 e. The summed E-state index contributed by atoms with van der Waals surface area (Å²) in [5.74, 6) is 0.789. The zero-order valence-electron chi connectivity index (χ0n) is 10.4. The topological polar surface area (TPSA) is 21.3 Å². The Morgan fingerprint density at radius 1 is 1.47 bits per heavy atom. The van der Waals surface area contributed by atoms with E-state index in [2.05, 4.69) is 18.3 Å². The smallest absolute Gasteiger partial charge is 0.0618 e. The molecule has 17 heavy (non-hydrogen) atoms. The van der Waals surface area contributed by atoms with Crippen LogP contribution in [0.5, 0.6) is 0 Å². The summed E-state index contributed by atoms with van der Waals surface area (Å²) in [5, 5.41) is 4.44. The zero-order valence-corrected chi connectivity index (χ0v) is 11.2. The first kappa shape index (κ1) is 12.9. The molecule has 0 aliphatic heterocycles. The van der Waals surface area contributed by atoms with Gasteiger partial charge >= 0.3 is 0 Å². The lowest BCUT2D eigenvalue weighted by atomic mass is 10.1. The van der Waals surface area contributed by atoms with Crippen LogP contribution < -0.4 is 5.32 Å². The highest BCUT2D eigenvalue weighted by molar-refractivity contribution is 6.30. The molecule has 1 aromatic carbocycles. The van der Waals surface area contributed by atoms with Crippen molar-refractivity contribution in [3.05, 3.63) is 34.9 Å². The molecule has 1 aliphatic rings. The first-order valence-corrected chi connectivity index (χ1v) is 6.59. The molecule has 2 atom stereocenters. The van der Waals surface area contributed by atoms with E-state index in [-0.39, 0.29) is 0 Å². The lowest BCUT2D eigenvalue weighted by molar-refractivity contribution is 0.152. The van der Waals surface area contributed by atoms with E-state index in [9.17, 15) is 0 Å². The van der Waals surface area contributed by atoms with Crippen LogP contribution in [0.25, 0.3) is 0 Å². The van der Waals surface area contributed by atoms with E-state index in [1.165, 1.54) is 18.4 Å². The van der Waals surface area contributed by atoms with Gasteiger partial charge in [-0.25, -0.2) is 0 Å². The molecule has 1 fully saturated rings. The van der Waals surface area contributed by atoms with Crippen molar-refractivity contribution >= 4 is 11.6 Å². The number of hydrogen-bond donors (Lipinski definition) is 1. The monoisotopic (exact) mass is 253 g/mol. The van der Waals surface area contributed by atoms with Crippen LogP contribution in [0.3, 0.4) is 0 Å². The third-order valence-corrected chi connectivity index (χ3v) is 3.59. The molecule has 94 valence electrons. The summed E-state index contributed by atoms with van der Waals surface area (Å²) in [6, 6.07) is 8.82. The molecule has 0 saturated heterocycles. The fourth-order valence-corrected chi connectivity index (χ4v) is 2.39. The predicted molar refractivity (Wildman–Crippen MR) is 71.4 cm³/mol. The Morgan fingerprint density at radius 3 is 2.82 bits per heavy atom. The Balaban J connectivity index is 1.96. The number of benzene rings is 1. The van der Waals surface area contributed by atoms with E-state index in [1.807, 2.05) is 18.2 Å². The Bertz CT molecular complexity index is 365. The predicted octanol–water partition coefficient (Wildman–Crippen LogP) is 3.42. The Hall–Kier alpha value is -0.570. The van der Waals surface area contributed by atoms with Crippen LogP contribution >= 0.6 is 11.6 Å². The average molecular weight is 254 g/mol. The molecule has 0 amide bonds. The van der Waals surface area contributed by atoms with E-state index in [0.717, 1.165) is 17.5 Å². The average Bonchev–Trinajstić information content (AvgIpc) is 3.12. The van der Waals surface area contributed by atoms with Gasteiger partial charge in [0, 0.05) is 24.2 Å². The van der Waals surface area contributed by atoms with Gasteiger partial charge in [0.25, 0.3) is 0 Å². The quantitative estimate of drug-likeness (QED) is 0.839. The number of hydrogen-bond acceptors (Lipinski definition) is 2. The van der Waals surface area contributed by atoms with Crippen molar-refractivity contribution in [3.63, 3.8) is 0 Å². The number of ether oxygens (including phenoxy) is 1. The van der Waals surface area contributed by atoms with E-state index < -0.39 is 0 Å². The summed E-state index contributed by atoms with van der Waals surface area (Å²) in [4.78, 5) is 0. The summed E-state index contributed by atoms with van der Waals surface area (Å²) in [6.07, 6.45) is 2.65. The summed E-state index contributed by atoms with van der Waals surface area (Å²) in [5.41, 5.74) is 1.24. The minimum atomic E-state index is 0.314. The molecular formula is C14H20ClNO. The third kappa shape index (κ3) is 3.70. The number of nitrogens with one attached hydrogen (secondary N) is 1. The van der Waals surface area contributed by atoms with Crippen LogP contribution in [-0.2, 0) is 4.74 Å². The van der Waals surface area contributed by atoms with Gasteiger partial charge in [-0.05, 0) is 43.4 Å². The molecule has 2 nitrogen and oxygen atoms in total. The van der Waals surface area contributed by atoms with Crippen molar-refractivity contribution in [2.24, 2.45) is 5.92 Å². The van der Waals surface area contributed by atoms with E-state index >= 15 is 0 Å². The van der Waals surface area contributed by atoms with E-state index in [1.54, 1.807) is 7.11 Å². The largest absolute Gasteiger partial charge is 0.383 e. The van der Waals surface area contributed by atoms with Crippen molar-refractivity contribution in [2.45, 2.75) is 31.8 Å². The van der Waals surface area contributed by atoms with Gasteiger partial charge in [0.1, 0.15) is 0 Å². The molecular weight excluding hydrogens is 234 g/mol. The summed E-state index contributed by atoms with van der Waals surface area (Å²) in [7, 11) is 1.76. The highest BCUT2D eigenvalue weighted by Crippen LogP contribution is 2.34.